The first-order valence-electron chi connectivity index (χ1n) is 6.91. The van der Waals surface area contributed by atoms with Crippen LogP contribution in [0.15, 0.2) is 24.3 Å². The molecule has 0 aromatic heterocycles. The maximum atomic E-state index is 12.3. The van der Waals surface area contributed by atoms with Crippen molar-refractivity contribution < 1.29 is 4.79 Å². The number of aryl methyl sites for hydroxylation is 1. The second kappa shape index (κ2) is 6.92. The molecule has 0 aliphatic carbocycles. The van der Waals surface area contributed by atoms with Gasteiger partial charge in [-0.1, -0.05) is 23.7 Å². The second-order valence-electron chi connectivity index (χ2n) is 5.10. The summed E-state index contributed by atoms with van der Waals surface area (Å²) in [6.45, 7) is 4.85. The summed E-state index contributed by atoms with van der Waals surface area (Å²) in [6.07, 6.45) is 2.39. The number of carbonyl (C=O) groups excluding carboxylic acids is 1. The standard InChI is InChI=1S/C15H21ClN2O/c1-12-8-9-17-10-11-18(12)15(19)7-4-13-2-5-14(16)6-3-13/h2-3,5-6,12,17H,4,7-11H2,1H3. The fraction of sp³-hybridized carbons (Fsp3) is 0.533. The van der Waals surface area contributed by atoms with E-state index < -0.39 is 0 Å². The van der Waals surface area contributed by atoms with Crippen molar-refractivity contribution in [2.24, 2.45) is 0 Å². The third-order valence-corrected chi connectivity index (χ3v) is 3.91. The van der Waals surface area contributed by atoms with Crippen molar-refractivity contribution in [3.05, 3.63) is 34.9 Å². The van der Waals surface area contributed by atoms with Crippen LogP contribution in [0.2, 0.25) is 5.02 Å². The molecule has 2 rings (SSSR count). The van der Waals surface area contributed by atoms with Crippen molar-refractivity contribution in [1.82, 2.24) is 10.2 Å². The highest BCUT2D eigenvalue weighted by Crippen LogP contribution is 2.13. The van der Waals surface area contributed by atoms with Crippen LogP contribution in [0.25, 0.3) is 0 Å². The highest BCUT2D eigenvalue weighted by molar-refractivity contribution is 6.30. The molecule has 1 unspecified atom stereocenters. The molecular weight excluding hydrogens is 260 g/mol. The Labute approximate surface area is 119 Å². The van der Waals surface area contributed by atoms with E-state index in [4.69, 9.17) is 11.6 Å². The van der Waals surface area contributed by atoms with E-state index in [1.54, 1.807) is 0 Å². The smallest absolute Gasteiger partial charge is 0.223 e. The number of amides is 1. The number of nitrogens with one attached hydrogen (secondary N) is 1. The summed E-state index contributed by atoms with van der Waals surface area (Å²) in [5.41, 5.74) is 1.17. The summed E-state index contributed by atoms with van der Waals surface area (Å²) in [7, 11) is 0. The van der Waals surface area contributed by atoms with Gasteiger partial charge in [-0.2, -0.15) is 0 Å². The van der Waals surface area contributed by atoms with Crippen molar-refractivity contribution >= 4 is 17.5 Å². The SMILES string of the molecule is CC1CCNCCN1C(=O)CCc1ccc(Cl)cc1. The summed E-state index contributed by atoms with van der Waals surface area (Å²) in [5, 5.41) is 4.07. The number of halogens is 1. The summed E-state index contributed by atoms with van der Waals surface area (Å²) in [6, 6.07) is 8.07. The van der Waals surface area contributed by atoms with E-state index in [1.165, 1.54) is 5.56 Å². The van der Waals surface area contributed by atoms with Crippen LogP contribution >= 0.6 is 11.6 Å². The van der Waals surface area contributed by atoms with Crippen LogP contribution in [0.3, 0.4) is 0 Å². The van der Waals surface area contributed by atoms with Crippen LogP contribution in [0.4, 0.5) is 0 Å². The molecule has 0 radical (unpaired) electrons. The van der Waals surface area contributed by atoms with E-state index in [0.29, 0.717) is 12.5 Å². The van der Waals surface area contributed by atoms with Gasteiger partial charge in [-0.05, 0) is 44.0 Å². The first kappa shape index (κ1) is 14.4. The number of hydrogen-bond donors (Lipinski definition) is 1. The Bertz CT molecular complexity index is 419. The van der Waals surface area contributed by atoms with Gasteiger partial charge >= 0.3 is 0 Å². The number of benzene rings is 1. The van der Waals surface area contributed by atoms with Crippen LogP contribution in [0, 0.1) is 0 Å². The molecule has 4 heteroatoms. The zero-order valence-corrected chi connectivity index (χ0v) is 12.1. The Morgan fingerprint density at radius 1 is 1.37 bits per heavy atom. The van der Waals surface area contributed by atoms with Crippen molar-refractivity contribution in [1.29, 1.82) is 0 Å². The number of nitrogens with zero attached hydrogens (tertiary/aromatic N) is 1. The number of rotatable bonds is 3. The lowest BCUT2D eigenvalue weighted by Gasteiger charge is -2.26. The van der Waals surface area contributed by atoms with Crippen molar-refractivity contribution in [3.8, 4) is 0 Å². The molecule has 0 spiro atoms. The third-order valence-electron chi connectivity index (χ3n) is 3.66. The lowest BCUT2D eigenvalue weighted by molar-refractivity contribution is -0.132. The molecular formula is C15H21ClN2O. The van der Waals surface area contributed by atoms with Crippen molar-refractivity contribution in [2.75, 3.05) is 19.6 Å². The Kier molecular flexibility index (Phi) is 5.23. The molecule has 1 aromatic rings. The molecule has 1 saturated heterocycles. The highest BCUT2D eigenvalue weighted by Gasteiger charge is 2.21. The van der Waals surface area contributed by atoms with E-state index in [-0.39, 0.29) is 5.91 Å². The molecule has 1 fully saturated rings. The first-order chi connectivity index (χ1) is 9.16. The van der Waals surface area contributed by atoms with Crippen LogP contribution < -0.4 is 5.32 Å². The van der Waals surface area contributed by atoms with Crippen LogP contribution in [-0.2, 0) is 11.2 Å². The van der Waals surface area contributed by atoms with Crippen LogP contribution in [0.5, 0.6) is 0 Å². The van der Waals surface area contributed by atoms with Gasteiger partial charge in [-0.3, -0.25) is 4.79 Å². The van der Waals surface area contributed by atoms with Gasteiger partial charge in [0.2, 0.25) is 5.91 Å². The van der Waals surface area contributed by atoms with E-state index in [2.05, 4.69) is 12.2 Å². The molecule has 1 atom stereocenters. The summed E-state index contributed by atoms with van der Waals surface area (Å²) < 4.78 is 0. The quantitative estimate of drug-likeness (QED) is 0.923. The fourth-order valence-electron chi connectivity index (χ4n) is 2.43. The van der Waals surface area contributed by atoms with Crippen LogP contribution in [-0.4, -0.2) is 36.5 Å². The molecule has 1 amide bonds. The van der Waals surface area contributed by atoms with E-state index >= 15 is 0 Å². The predicted molar refractivity (Wildman–Crippen MR) is 78.4 cm³/mol. The zero-order chi connectivity index (χ0) is 13.7. The molecule has 1 aromatic carbocycles. The monoisotopic (exact) mass is 280 g/mol. The van der Waals surface area contributed by atoms with Gasteiger partial charge in [-0.25, -0.2) is 0 Å². The third kappa shape index (κ3) is 4.22. The van der Waals surface area contributed by atoms with E-state index in [0.717, 1.165) is 37.5 Å². The van der Waals surface area contributed by atoms with Gasteiger partial charge in [0.1, 0.15) is 0 Å². The normalized spacial score (nSPS) is 20.1. The molecule has 1 aliphatic heterocycles. The predicted octanol–water partition coefficient (Wildman–Crippen LogP) is 2.48. The summed E-state index contributed by atoms with van der Waals surface area (Å²) in [4.78, 5) is 14.3. The zero-order valence-electron chi connectivity index (χ0n) is 11.4. The summed E-state index contributed by atoms with van der Waals surface area (Å²) in [5.74, 6) is 0.256. The first-order valence-corrected chi connectivity index (χ1v) is 7.29. The molecule has 1 heterocycles. The van der Waals surface area contributed by atoms with Gasteiger partial charge in [0.15, 0.2) is 0 Å². The minimum Gasteiger partial charge on any atom is -0.339 e. The molecule has 1 N–H and O–H groups in total. The topological polar surface area (TPSA) is 32.3 Å². The molecule has 3 nitrogen and oxygen atoms in total. The second-order valence-corrected chi connectivity index (χ2v) is 5.54. The Morgan fingerprint density at radius 2 is 2.11 bits per heavy atom. The largest absolute Gasteiger partial charge is 0.339 e. The lowest BCUT2D eigenvalue weighted by atomic mass is 10.1. The van der Waals surface area contributed by atoms with Gasteiger partial charge in [0.25, 0.3) is 0 Å². The maximum absolute atomic E-state index is 12.3. The molecule has 19 heavy (non-hydrogen) atoms. The number of hydrogen-bond acceptors (Lipinski definition) is 2. The molecule has 1 aliphatic rings. The van der Waals surface area contributed by atoms with E-state index in [1.807, 2.05) is 29.2 Å². The van der Waals surface area contributed by atoms with E-state index in [9.17, 15) is 4.79 Å². The summed E-state index contributed by atoms with van der Waals surface area (Å²) >= 11 is 5.85. The van der Waals surface area contributed by atoms with Gasteiger partial charge in [0, 0.05) is 30.6 Å². The minimum atomic E-state index is 0.256. The Hall–Kier alpha value is -1.06. The Balaban J connectivity index is 1.87. The average molecular weight is 281 g/mol. The van der Waals surface area contributed by atoms with Gasteiger partial charge < -0.3 is 10.2 Å². The lowest BCUT2D eigenvalue weighted by Crippen LogP contribution is -2.39. The fourth-order valence-corrected chi connectivity index (χ4v) is 2.55. The van der Waals surface area contributed by atoms with Crippen molar-refractivity contribution in [3.63, 3.8) is 0 Å². The van der Waals surface area contributed by atoms with Gasteiger partial charge in [-0.15, -0.1) is 0 Å². The van der Waals surface area contributed by atoms with Crippen molar-refractivity contribution in [2.45, 2.75) is 32.2 Å². The molecule has 0 bridgehead atoms. The number of carbonyl (C=O) groups is 1. The maximum Gasteiger partial charge on any atom is 0.223 e. The average Bonchev–Trinajstić information content (AvgIpc) is 2.62. The van der Waals surface area contributed by atoms with Crippen LogP contribution in [0.1, 0.15) is 25.3 Å². The molecule has 104 valence electrons. The molecule has 0 saturated carbocycles. The van der Waals surface area contributed by atoms with Gasteiger partial charge in [0.05, 0.1) is 0 Å². The minimum absolute atomic E-state index is 0.256. The Morgan fingerprint density at radius 3 is 2.84 bits per heavy atom. The highest BCUT2D eigenvalue weighted by atomic mass is 35.5.